The molecule has 1 rings (SSSR count). The van der Waals surface area contributed by atoms with Crippen LogP contribution in [0.4, 0.5) is 0 Å². The fourth-order valence-electron chi connectivity index (χ4n) is 9.50. The Morgan fingerprint density at radius 1 is 0.470 bits per heavy atom. The normalized spacial score (nSPS) is 20.7. The first-order valence-corrected chi connectivity index (χ1v) is 28.4. The van der Waals surface area contributed by atoms with E-state index in [0.717, 1.165) is 38.5 Å². The van der Waals surface area contributed by atoms with Crippen LogP contribution in [0.2, 0.25) is 0 Å². The van der Waals surface area contributed by atoms with Crippen molar-refractivity contribution in [2.45, 2.75) is 332 Å². The van der Waals surface area contributed by atoms with Gasteiger partial charge >= 0.3 is 0 Å². The summed E-state index contributed by atoms with van der Waals surface area (Å²) in [5, 5.41) is 75.8. The van der Waals surface area contributed by atoms with E-state index in [0.29, 0.717) is 19.3 Å². The molecule has 0 saturated carbocycles. The molecular weight excluding hydrogens is 835 g/mol. The summed E-state index contributed by atoms with van der Waals surface area (Å²) >= 11 is 0. The summed E-state index contributed by atoms with van der Waals surface area (Å²) in [6, 6.07) is -1.16. The van der Waals surface area contributed by atoms with Crippen LogP contribution in [0.15, 0.2) is 0 Å². The third-order valence-electron chi connectivity index (χ3n) is 14.2. The molecule has 8 N–H and O–H groups in total. The van der Waals surface area contributed by atoms with Crippen LogP contribution in [0.3, 0.4) is 0 Å². The number of rotatable bonds is 49. The molecule has 1 saturated heterocycles. The summed E-state index contributed by atoms with van der Waals surface area (Å²) in [6.07, 6.45) is 39.1. The number of aliphatic hydroxyl groups excluding tert-OH is 7. The zero-order valence-electron chi connectivity index (χ0n) is 43.0. The van der Waals surface area contributed by atoms with Gasteiger partial charge in [0.25, 0.3) is 0 Å². The zero-order chi connectivity index (χ0) is 48.3. The lowest BCUT2D eigenvalue weighted by Crippen LogP contribution is -2.60. The number of carbonyl (C=O) groups is 1. The summed E-state index contributed by atoms with van der Waals surface area (Å²) in [5.74, 6) is -0.695. The van der Waals surface area contributed by atoms with E-state index in [9.17, 15) is 40.5 Å². The second kappa shape index (κ2) is 45.3. The fourth-order valence-corrected chi connectivity index (χ4v) is 9.50. The van der Waals surface area contributed by atoms with Crippen molar-refractivity contribution in [3.8, 4) is 0 Å². The van der Waals surface area contributed by atoms with Crippen LogP contribution in [0, 0.1) is 0 Å². The summed E-state index contributed by atoms with van der Waals surface area (Å²) in [5.41, 5.74) is 0. The van der Waals surface area contributed by atoms with E-state index in [2.05, 4.69) is 19.2 Å². The van der Waals surface area contributed by atoms with Gasteiger partial charge < -0.3 is 50.5 Å². The lowest BCUT2D eigenvalue weighted by Gasteiger charge is -2.40. The molecule has 11 heteroatoms. The van der Waals surface area contributed by atoms with E-state index in [1.54, 1.807) is 0 Å². The molecule has 0 spiro atoms. The molecule has 1 aliphatic heterocycles. The molecule has 394 valence electrons. The second-order valence-corrected chi connectivity index (χ2v) is 20.4. The first-order valence-electron chi connectivity index (χ1n) is 28.4. The zero-order valence-corrected chi connectivity index (χ0v) is 43.0. The Bertz CT molecular complexity index is 1040. The van der Waals surface area contributed by atoms with Crippen LogP contribution in [-0.2, 0) is 14.3 Å². The number of carbonyl (C=O) groups excluding carboxylic acids is 1. The van der Waals surface area contributed by atoms with Gasteiger partial charge in [-0.3, -0.25) is 4.79 Å². The third kappa shape index (κ3) is 33.6. The Labute approximate surface area is 405 Å². The highest BCUT2D eigenvalue weighted by atomic mass is 16.7. The summed E-state index contributed by atoms with van der Waals surface area (Å²) < 4.78 is 11.1. The summed E-state index contributed by atoms with van der Waals surface area (Å²) in [6.45, 7) is 3.44. The van der Waals surface area contributed by atoms with Gasteiger partial charge in [-0.1, -0.05) is 264 Å². The van der Waals surface area contributed by atoms with Crippen molar-refractivity contribution < 1.29 is 50.0 Å². The van der Waals surface area contributed by atoms with Crippen molar-refractivity contribution in [3.05, 3.63) is 0 Å². The van der Waals surface area contributed by atoms with Crippen molar-refractivity contribution >= 4 is 5.91 Å². The van der Waals surface area contributed by atoms with Crippen LogP contribution < -0.4 is 5.32 Å². The Hall–Kier alpha value is -0.890. The van der Waals surface area contributed by atoms with Gasteiger partial charge in [-0.2, -0.15) is 0 Å². The second-order valence-electron chi connectivity index (χ2n) is 20.4. The largest absolute Gasteiger partial charge is 0.394 e. The molecule has 9 unspecified atom stereocenters. The molecule has 1 amide bonds. The average Bonchev–Trinajstić information content (AvgIpc) is 3.32. The molecule has 1 heterocycles. The molecule has 0 aromatic heterocycles. The van der Waals surface area contributed by atoms with E-state index in [1.165, 1.54) is 199 Å². The summed E-state index contributed by atoms with van der Waals surface area (Å²) in [7, 11) is 0. The van der Waals surface area contributed by atoms with E-state index in [4.69, 9.17) is 9.47 Å². The van der Waals surface area contributed by atoms with E-state index in [-0.39, 0.29) is 6.42 Å². The molecule has 1 aliphatic rings. The molecule has 0 aromatic carbocycles. The molecule has 66 heavy (non-hydrogen) atoms. The Morgan fingerprint density at radius 3 is 1.12 bits per heavy atom. The molecular formula is C55H109NO10. The smallest absolute Gasteiger partial charge is 0.249 e. The third-order valence-corrected chi connectivity index (χ3v) is 14.2. The SMILES string of the molecule is CCCCCCCCCCCCCCCCCCCCCCCCCCCCCCCCC(O)C(O)C(COC1OC(CO)C(O)C(O)C1O)NC(=O)C(O)CCCCCCCCCCC. The fraction of sp³-hybridized carbons (Fsp3) is 0.982. The van der Waals surface area contributed by atoms with Gasteiger partial charge in [-0.25, -0.2) is 0 Å². The molecule has 0 aliphatic carbocycles. The number of unbranched alkanes of at least 4 members (excludes halogenated alkanes) is 37. The van der Waals surface area contributed by atoms with Crippen molar-refractivity contribution in [2.24, 2.45) is 0 Å². The maximum Gasteiger partial charge on any atom is 0.249 e. The predicted molar refractivity (Wildman–Crippen MR) is 270 cm³/mol. The molecule has 0 radical (unpaired) electrons. The van der Waals surface area contributed by atoms with E-state index >= 15 is 0 Å². The van der Waals surface area contributed by atoms with Gasteiger partial charge in [0, 0.05) is 0 Å². The number of amides is 1. The topological polar surface area (TPSA) is 189 Å². The number of nitrogens with one attached hydrogen (secondary N) is 1. The van der Waals surface area contributed by atoms with Crippen LogP contribution in [-0.4, -0.2) is 110 Å². The van der Waals surface area contributed by atoms with Crippen molar-refractivity contribution in [3.63, 3.8) is 0 Å². The number of aliphatic hydroxyl groups is 7. The molecule has 0 bridgehead atoms. The van der Waals surface area contributed by atoms with Gasteiger partial charge in [0.2, 0.25) is 5.91 Å². The maximum atomic E-state index is 13.1. The maximum absolute atomic E-state index is 13.1. The Kier molecular flexibility index (Phi) is 43.3. The van der Waals surface area contributed by atoms with E-state index in [1.807, 2.05) is 0 Å². The standard InChI is InChI=1S/C55H109NO10/c1-3-5-7-9-11-13-14-15-16-17-18-19-20-21-22-23-24-25-26-27-28-29-30-31-32-33-35-36-38-40-42-47(58)50(60)46(45-65-55-53(63)52(62)51(61)49(44-57)66-55)56-54(64)48(59)43-41-39-37-34-12-10-8-6-4-2/h46-53,55,57-63H,3-45H2,1-2H3,(H,56,64). The van der Waals surface area contributed by atoms with Crippen LogP contribution in [0.1, 0.15) is 277 Å². The van der Waals surface area contributed by atoms with Gasteiger partial charge in [0.05, 0.1) is 25.4 Å². The summed E-state index contributed by atoms with van der Waals surface area (Å²) in [4.78, 5) is 13.1. The van der Waals surface area contributed by atoms with Crippen LogP contribution in [0.5, 0.6) is 0 Å². The molecule has 1 fully saturated rings. The van der Waals surface area contributed by atoms with Crippen molar-refractivity contribution in [2.75, 3.05) is 13.2 Å². The Balaban J connectivity index is 2.17. The highest BCUT2D eigenvalue weighted by Gasteiger charge is 2.44. The van der Waals surface area contributed by atoms with Gasteiger partial charge in [-0.05, 0) is 12.8 Å². The quantitative estimate of drug-likeness (QED) is 0.0273. The van der Waals surface area contributed by atoms with Gasteiger partial charge in [0.15, 0.2) is 6.29 Å². The minimum absolute atomic E-state index is 0.264. The van der Waals surface area contributed by atoms with Crippen LogP contribution in [0.25, 0.3) is 0 Å². The average molecular weight is 944 g/mol. The molecule has 9 atom stereocenters. The molecule has 11 nitrogen and oxygen atoms in total. The van der Waals surface area contributed by atoms with Crippen molar-refractivity contribution in [1.29, 1.82) is 0 Å². The Morgan fingerprint density at radius 2 is 0.788 bits per heavy atom. The van der Waals surface area contributed by atoms with Gasteiger partial charge in [-0.15, -0.1) is 0 Å². The van der Waals surface area contributed by atoms with Crippen molar-refractivity contribution in [1.82, 2.24) is 5.32 Å². The number of ether oxygens (including phenoxy) is 2. The number of hydrogen-bond donors (Lipinski definition) is 8. The highest BCUT2D eigenvalue weighted by molar-refractivity contribution is 5.80. The van der Waals surface area contributed by atoms with E-state index < -0.39 is 74.2 Å². The lowest BCUT2D eigenvalue weighted by atomic mass is 9.98. The first-order chi connectivity index (χ1) is 32.2. The monoisotopic (exact) mass is 944 g/mol. The number of hydrogen-bond acceptors (Lipinski definition) is 10. The lowest BCUT2D eigenvalue weighted by molar-refractivity contribution is -0.303. The van der Waals surface area contributed by atoms with Crippen LogP contribution >= 0.6 is 0 Å². The predicted octanol–water partition coefficient (Wildman–Crippen LogP) is 11.4. The first kappa shape index (κ1) is 63.1. The van der Waals surface area contributed by atoms with Gasteiger partial charge in [0.1, 0.15) is 36.6 Å². The highest BCUT2D eigenvalue weighted by Crippen LogP contribution is 2.24. The molecule has 0 aromatic rings. The minimum Gasteiger partial charge on any atom is -0.394 e. The minimum atomic E-state index is -1.66.